The minimum Gasteiger partial charge on any atom is -0.508 e. The van der Waals surface area contributed by atoms with Gasteiger partial charge in [0.2, 0.25) is 0 Å². The van der Waals surface area contributed by atoms with Gasteiger partial charge in [-0.05, 0) is 30.0 Å². The van der Waals surface area contributed by atoms with E-state index in [2.05, 4.69) is 6.92 Å². The van der Waals surface area contributed by atoms with E-state index < -0.39 is 5.97 Å². The number of benzene rings is 1. The number of rotatable bonds is 10. The summed E-state index contributed by atoms with van der Waals surface area (Å²) in [6, 6.07) is 7.70. The topological polar surface area (TPSA) is 87.0 Å². The van der Waals surface area contributed by atoms with Crippen LogP contribution in [0.4, 0.5) is 0 Å². The van der Waals surface area contributed by atoms with Gasteiger partial charge in [-0.25, -0.2) is 4.79 Å². The van der Waals surface area contributed by atoms with Gasteiger partial charge in [0.25, 0.3) is 5.56 Å². The lowest BCUT2D eigenvalue weighted by atomic mass is 10.2. The number of aromatic hydroxyl groups is 1. The van der Waals surface area contributed by atoms with Gasteiger partial charge in [-0.1, -0.05) is 13.3 Å². The Kier molecular flexibility index (Phi) is 7.43. The van der Waals surface area contributed by atoms with E-state index >= 15 is 0 Å². The Bertz CT molecular complexity index is 755. The molecule has 0 spiro atoms. The molecule has 0 unspecified atom stereocenters. The van der Waals surface area contributed by atoms with Crippen LogP contribution in [-0.2, 0) is 25.7 Å². The summed E-state index contributed by atoms with van der Waals surface area (Å²) in [5.41, 5.74) is 0.168. The summed E-state index contributed by atoms with van der Waals surface area (Å²) in [6.07, 6.45) is 2.07. The summed E-state index contributed by atoms with van der Waals surface area (Å²) >= 11 is 0. The van der Waals surface area contributed by atoms with Crippen LogP contribution in [0.1, 0.15) is 19.8 Å². The average molecular weight is 349 g/mol. The second-order valence-electron chi connectivity index (χ2n) is 5.51. The van der Waals surface area contributed by atoms with Gasteiger partial charge in [0, 0.05) is 18.7 Å². The Balaban J connectivity index is 1.82. The number of pyridine rings is 1. The third-order valence-electron chi connectivity index (χ3n) is 3.57. The molecule has 0 saturated heterocycles. The van der Waals surface area contributed by atoms with Crippen molar-refractivity contribution in [2.24, 2.45) is 0 Å². The van der Waals surface area contributed by atoms with Crippen LogP contribution < -0.4 is 5.56 Å². The highest BCUT2D eigenvalue weighted by Gasteiger charge is 2.08. The Morgan fingerprint density at radius 3 is 2.68 bits per heavy atom. The lowest BCUT2D eigenvalue weighted by Gasteiger charge is -2.11. The predicted molar refractivity (Wildman–Crippen MR) is 92.5 cm³/mol. The molecule has 1 N–H and O–H groups in total. The highest BCUT2D eigenvalue weighted by Crippen LogP contribution is 2.18. The van der Waals surface area contributed by atoms with Gasteiger partial charge in [0.05, 0.1) is 18.7 Å². The number of hydrogen-bond donors (Lipinski definition) is 1. The van der Waals surface area contributed by atoms with Crippen LogP contribution in [0.2, 0.25) is 0 Å². The summed E-state index contributed by atoms with van der Waals surface area (Å²) in [4.78, 5) is 23.7. The standard InChI is InChI=1S/C18H23NO6/c1-2-3-8-23-9-10-24-12-18(22)25-13-19-16-11-15(20)6-4-14(16)5-7-17(19)21/h4-7,11,20H,2-3,8-10,12-13H2,1H3. The van der Waals surface area contributed by atoms with Gasteiger partial charge < -0.3 is 19.3 Å². The summed E-state index contributed by atoms with van der Waals surface area (Å²) in [6.45, 7) is 3.05. The van der Waals surface area contributed by atoms with Crippen molar-refractivity contribution in [2.45, 2.75) is 26.5 Å². The molecular formula is C18H23NO6. The number of aromatic nitrogens is 1. The number of unbranched alkanes of at least 4 members (excludes halogenated alkanes) is 1. The Labute approximate surface area is 145 Å². The minimum absolute atomic E-state index is 0.0320. The monoisotopic (exact) mass is 349 g/mol. The molecule has 25 heavy (non-hydrogen) atoms. The molecule has 0 aliphatic carbocycles. The number of phenols is 1. The van der Waals surface area contributed by atoms with Crippen LogP contribution in [0.3, 0.4) is 0 Å². The maximum atomic E-state index is 12.0. The molecule has 1 aromatic carbocycles. The second kappa shape index (κ2) is 9.80. The molecule has 2 aromatic rings. The van der Waals surface area contributed by atoms with Crippen molar-refractivity contribution in [3.63, 3.8) is 0 Å². The average Bonchev–Trinajstić information content (AvgIpc) is 2.60. The fraction of sp³-hybridized carbons (Fsp3) is 0.444. The SMILES string of the molecule is CCCCOCCOCC(=O)OCn1c(=O)ccc2ccc(O)cc21. The van der Waals surface area contributed by atoms with Gasteiger partial charge in [0.1, 0.15) is 12.4 Å². The van der Waals surface area contributed by atoms with Crippen LogP contribution in [0.5, 0.6) is 5.75 Å². The number of ether oxygens (including phenoxy) is 3. The first-order valence-electron chi connectivity index (χ1n) is 8.25. The molecule has 0 saturated carbocycles. The largest absolute Gasteiger partial charge is 0.508 e. The lowest BCUT2D eigenvalue weighted by Crippen LogP contribution is -2.24. The molecule has 0 bridgehead atoms. The van der Waals surface area contributed by atoms with Crippen LogP contribution >= 0.6 is 0 Å². The Morgan fingerprint density at radius 2 is 1.88 bits per heavy atom. The fourth-order valence-electron chi connectivity index (χ4n) is 2.21. The lowest BCUT2D eigenvalue weighted by molar-refractivity contribution is -0.153. The predicted octanol–water partition coefficient (Wildman–Crippen LogP) is 2.04. The van der Waals surface area contributed by atoms with Crippen molar-refractivity contribution in [3.8, 4) is 5.75 Å². The smallest absolute Gasteiger partial charge is 0.333 e. The van der Waals surface area contributed by atoms with E-state index in [1.807, 2.05) is 0 Å². The van der Waals surface area contributed by atoms with Crippen LogP contribution in [0.15, 0.2) is 35.1 Å². The number of fused-ring (bicyclic) bond motifs is 1. The van der Waals surface area contributed by atoms with Gasteiger partial charge >= 0.3 is 5.97 Å². The first-order chi connectivity index (χ1) is 12.1. The molecule has 0 fully saturated rings. The Hall–Kier alpha value is -2.38. The highest BCUT2D eigenvalue weighted by atomic mass is 16.6. The van der Waals surface area contributed by atoms with Crippen molar-refractivity contribution >= 4 is 16.9 Å². The van der Waals surface area contributed by atoms with Gasteiger partial charge in [-0.3, -0.25) is 9.36 Å². The number of carbonyl (C=O) groups is 1. The van der Waals surface area contributed by atoms with Crippen molar-refractivity contribution < 1.29 is 24.1 Å². The molecule has 0 aliphatic heterocycles. The molecule has 0 radical (unpaired) electrons. The van der Waals surface area contributed by atoms with E-state index in [0.29, 0.717) is 25.3 Å². The van der Waals surface area contributed by atoms with Crippen molar-refractivity contribution in [1.82, 2.24) is 4.57 Å². The van der Waals surface area contributed by atoms with E-state index in [4.69, 9.17) is 14.2 Å². The van der Waals surface area contributed by atoms with Crippen molar-refractivity contribution in [2.75, 3.05) is 26.4 Å². The summed E-state index contributed by atoms with van der Waals surface area (Å²) in [7, 11) is 0. The molecule has 0 aliphatic rings. The van der Waals surface area contributed by atoms with Gasteiger partial charge in [-0.2, -0.15) is 0 Å². The van der Waals surface area contributed by atoms with Gasteiger partial charge in [0.15, 0.2) is 6.73 Å². The number of phenolic OH excluding ortho intramolecular Hbond substituents is 1. The van der Waals surface area contributed by atoms with Crippen LogP contribution in [0.25, 0.3) is 10.9 Å². The van der Waals surface area contributed by atoms with Gasteiger partial charge in [-0.15, -0.1) is 0 Å². The summed E-state index contributed by atoms with van der Waals surface area (Å²) < 4.78 is 16.8. The number of carbonyl (C=O) groups excluding carboxylic acids is 1. The molecular weight excluding hydrogens is 326 g/mol. The Morgan fingerprint density at radius 1 is 1.12 bits per heavy atom. The third kappa shape index (κ3) is 5.88. The minimum atomic E-state index is -0.572. The summed E-state index contributed by atoms with van der Waals surface area (Å²) in [5, 5.41) is 10.3. The van der Waals surface area contributed by atoms with Crippen molar-refractivity contribution in [1.29, 1.82) is 0 Å². The third-order valence-corrected chi connectivity index (χ3v) is 3.57. The first kappa shape index (κ1) is 19.0. The zero-order valence-electron chi connectivity index (χ0n) is 14.3. The maximum Gasteiger partial charge on any atom is 0.333 e. The van der Waals surface area contributed by atoms with E-state index in [0.717, 1.165) is 18.2 Å². The number of hydrogen-bond acceptors (Lipinski definition) is 6. The number of esters is 1. The maximum absolute atomic E-state index is 12.0. The van der Waals surface area contributed by atoms with Crippen molar-refractivity contribution in [3.05, 3.63) is 40.7 Å². The normalized spacial score (nSPS) is 10.9. The molecule has 1 aromatic heterocycles. The first-order valence-corrected chi connectivity index (χ1v) is 8.25. The quantitative estimate of drug-likeness (QED) is 0.522. The van der Waals surface area contributed by atoms with Crippen LogP contribution in [0, 0.1) is 0 Å². The zero-order valence-corrected chi connectivity index (χ0v) is 14.3. The molecule has 7 nitrogen and oxygen atoms in total. The molecule has 136 valence electrons. The van der Waals surface area contributed by atoms with Crippen LogP contribution in [-0.4, -0.2) is 42.1 Å². The van der Waals surface area contributed by atoms with E-state index in [9.17, 15) is 14.7 Å². The van der Waals surface area contributed by atoms with E-state index in [1.54, 1.807) is 12.1 Å². The molecule has 7 heteroatoms. The highest BCUT2D eigenvalue weighted by molar-refractivity contribution is 5.80. The van der Waals surface area contributed by atoms with E-state index in [1.165, 1.54) is 22.8 Å². The zero-order chi connectivity index (χ0) is 18.1. The fourth-order valence-corrected chi connectivity index (χ4v) is 2.21. The van der Waals surface area contributed by atoms with E-state index in [-0.39, 0.29) is 24.6 Å². The summed E-state index contributed by atoms with van der Waals surface area (Å²) in [5.74, 6) is -0.540. The second-order valence-corrected chi connectivity index (χ2v) is 5.51. The molecule has 0 amide bonds. The molecule has 1 heterocycles. The molecule has 0 atom stereocenters. The molecule has 2 rings (SSSR count). The number of nitrogens with zero attached hydrogens (tertiary/aromatic N) is 1.